The topological polar surface area (TPSA) is 46.3 Å². The summed E-state index contributed by atoms with van der Waals surface area (Å²) in [4.78, 5) is 14.4. The maximum absolute atomic E-state index is 12.2. The van der Waals surface area contributed by atoms with Crippen LogP contribution in [0.4, 0.5) is 11.4 Å². The molecule has 3 nitrogen and oxygen atoms in total. The van der Waals surface area contributed by atoms with Gasteiger partial charge in [-0.1, -0.05) is 12.1 Å². The zero-order chi connectivity index (χ0) is 12.4. The van der Waals surface area contributed by atoms with Crippen LogP contribution in [0.3, 0.4) is 0 Å². The number of rotatable bonds is 2. The number of halogens is 1. The van der Waals surface area contributed by atoms with E-state index < -0.39 is 0 Å². The third-order valence-electron chi connectivity index (χ3n) is 2.39. The molecule has 88 valence electrons. The van der Waals surface area contributed by atoms with Gasteiger partial charge in [-0.15, -0.1) is 11.3 Å². The van der Waals surface area contributed by atoms with Crippen LogP contribution in [0.25, 0.3) is 0 Å². The van der Waals surface area contributed by atoms with Crippen molar-refractivity contribution in [2.75, 3.05) is 17.7 Å². The van der Waals surface area contributed by atoms with E-state index in [1.165, 1.54) is 11.3 Å². The fraction of sp³-hybridized carbons (Fsp3) is 0.0833. The van der Waals surface area contributed by atoms with E-state index in [0.29, 0.717) is 10.6 Å². The van der Waals surface area contributed by atoms with Crippen molar-refractivity contribution < 1.29 is 4.79 Å². The minimum Gasteiger partial charge on any atom is -0.397 e. The molecule has 0 saturated carbocycles. The third-order valence-corrected chi connectivity index (χ3v) is 4.00. The smallest absolute Gasteiger partial charge is 0.268 e. The normalized spacial score (nSPS) is 10.2. The SMILES string of the molecule is CN(C(=O)c1ccc(Br)s1)c1ccccc1N. The van der Waals surface area contributed by atoms with Gasteiger partial charge in [-0.2, -0.15) is 0 Å². The van der Waals surface area contributed by atoms with Crippen molar-refractivity contribution >= 4 is 44.5 Å². The molecule has 0 aliphatic carbocycles. The number of amides is 1. The predicted molar refractivity (Wildman–Crippen MR) is 75.6 cm³/mol. The van der Waals surface area contributed by atoms with Crippen LogP contribution in [0.2, 0.25) is 0 Å². The molecule has 0 radical (unpaired) electrons. The maximum atomic E-state index is 12.2. The number of carbonyl (C=O) groups excluding carboxylic acids is 1. The number of nitrogens with zero attached hydrogens (tertiary/aromatic N) is 1. The Labute approximate surface area is 112 Å². The summed E-state index contributed by atoms with van der Waals surface area (Å²) < 4.78 is 0.940. The summed E-state index contributed by atoms with van der Waals surface area (Å²) in [5.41, 5.74) is 7.16. The fourth-order valence-electron chi connectivity index (χ4n) is 1.50. The van der Waals surface area contributed by atoms with E-state index in [4.69, 9.17) is 5.73 Å². The summed E-state index contributed by atoms with van der Waals surface area (Å²) in [6.07, 6.45) is 0. The van der Waals surface area contributed by atoms with Gasteiger partial charge >= 0.3 is 0 Å². The van der Waals surface area contributed by atoms with Gasteiger partial charge in [0.15, 0.2) is 0 Å². The van der Waals surface area contributed by atoms with Crippen molar-refractivity contribution in [2.45, 2.75) is 0 Å². The molecule has 2 rings (SSSR count). The molecule has 1 aromatic carbocycles. The van der Waals surface area contributed by atoms with Crippen LogP contribution < -0.4 is 10.6 Å². The Morgan fingerprint density at radius 1 is 1.29 bits per heavy atom. The molecule has 1 heterocycles. The van der Waals surface area contributed by atoms with Gasteiger partial charge in [-0.25, -0.2) is 0 Å². The van der Waals surface area contributed by atoms with Crippen LogP contribution in [-0.2, 0) is 0 Å². The molecule has 5 heteroatoms. The summed E-state index contributed by atoms with van der Waals surface area (Å²) in [7, 11) is 1.72. The second kappa shape index (κ2) is 4.89. The number of carbonyl (C=O) groups is 1. The Morgan fingerprint density at radius 2 is 2.00 bits per heavy atom. The Balaban J connectivity index is 2.29. The van der Waals surface area contributed by atoms with Gasteiger partial charge < -0.3 is 10.6 Å². The number of thiophene rings is 1. The molecular formula is C12H11BrN2OS. The first-order valence-corrected chi connectivity index (χ1v) is 6.58. The number of nitrogen functional groups attached to an aromatic ring is 1. The van der Waals surface area contributed by atoms with E-state index in [1.54, 1.807) is 24.1 Å². The standard InChI is InChI=1S/C12H11BrN2OS/c1-15(9-5-3-2-4-8(9)14)12(16)10-6-7-11(13)17-10/h2-7H,14H2,1H3. The number of benzene rings is 1. The zero-order valence-electron chi connectivity index (χ0n) is 9.18. The Morgan fingerprint density at radius 3 is 2.59 bits per heavy atom. The van der Waals surface area contributed by atoms with Crippen molar-refractivity contribution in [3.63, 3.8) is 0 Å². The lowest BCUT2D eigenvalue weighted by Gasteiger charge is -2.18. The van der Waals surface area contributed by atoms with E-state index in [2.05, 4.69) is 15.9 Å². The molecule has 2 N–H and O–H groups in total. The average Bonchev–Trinajstić information content (AvgIpc) is 2.75. The summed E-state index contributed by atoms with van der Waals surface area (Å²) in [5, 5.41) is 0. The van der Waals surface area contributed by atoms with Gasteiger partial charge in [-0.3, -0.25) is 4.79 Å². The van der Waals surface area contributed by atoms with E-state index in [9.17, 15) is 4.79 Å². The van der Waals surface area contributed by atoms with Gasteiger partial charge in [0, 0.05) is 7.05 Å². The highest BCUT2D eigenvalue weighted by atomic mass is 79.9. The van der Waals surface area contributed by atoms with Crippen LogP contribution in [0.15, 0.2) is 40.2 Å². The molecular weight excluding hydrogens is 300 g/mol. The molecule has 0 aliphatic heterocycles. The first kappa shape index (κ1) is 12.1. The van der Waals surface area contributed by atoms with Crippen LogP contribution >= 0.6 is 27.3 Å². The summed E-state index contributed by atoms with van der Waals surface area (Å²) >= 11 is 4.75. The summed E-state index contributed by atoms with van der Waals surface area (Å²) in [5.74, 6) is -0.0569. The highest BCUT2D eigenvalue weighted by Gasteiger charge is 2.16. The summed E-state index contributed by atoms with van der Waals surface area (Å²) in [6, 6.07) is 11.0. The lowest BCUT2D eigenvalue weighted by molar-refractivity contribution is 0.0997. The van der Waals surface area contributed by atoms with Crippen LogP contribution in [0.5, 0.6) is 0 Å². The molecule has 2 aromatic rings. The third kappa shape index (κ3) is 2.50. The van der Waals surface area contributed by atoms with Crippen LogP contribution in [0, 0.1) is 0 Å². The number of hydrogen-bond donors (Lipinski definition) is 1. The van der Waals surface area contributed by atoms with Crippen molar-refractivity contribution in [3.05, 3.63) is 45.1 Å². The first-order valence-electron chi connectivity index (χ1n) is 4.97. The Bertz CT molecular complexity index is 553. The van der Waals surface area contributed by atoms with Gasteiger partial charge in [0.1, 0.15) is 0 Å². The van der Waals surface area contributed by atoms with Crippen molar-refractivity contribution in [1.29, 1.82) is 0 Å². The molecule has 1 amide bonds. The van der Waals surface area contributed by atoms with E-state index in [0.717, 1.165) is 9.47 Å². The van der Waals surface area contributed by atoms with E-state index >= 15 is 0 Å². The molecule has 1 aromatic heterocycles. The molecule has 0 spiro atoms. The molecule has 0 saturated heterocycles. The number of para-hydroxylation sites is 2. The second-order valence-corrected chi connectivity index (χ2v) is 5.99. The molecule has 0 atom stereocenters. The maximum Gasteiger partial charge on any atom is 0.268 e. The van der Waals surface area contributed by atoms with Gasteiger partial charge in [0.05, 0.1) is 20.0 Å². The predicted octanol–water partition coefficient (Wildman–Crippen LogP) is 3.37. The highest BCUT2D eigenvalue weighted by Crippen LogP contribution is 2.27. The highest BCUT2D eigenvalue weighted by molar-refractivity contribution is 9.11. The lowest BCUT2D eigenvalue weighted by atomic mass is 10.2. The number of hydrogen-bond acceptors (Lipinski definition) is 3. The molecule has 17 heavy (non-hydrogen) atoms. The fourth-order valence-corrected chi connectivity index (χ4v) is 2.86. The number of anilines is 2. The van der Waals surface area contributed by atoms with Crippen molar-refractivity contribution in [2.24, 2.45) is 0 Å². The molecule has 0 bridgehead atoms. The van der Waals surface area contributed by atoms with Gasteiger partial charge in [0.25, 0.3) is 5.91 Å². The van der Waals surface area contributed by atoms with Crippen LogP contribution in [0.1, 0.15) is 9.67 Å². The first-order chi connectivity index (χ1) is 8.09. The van der Waals surface area contributed by atoms with Gasteiger partial charge in [-0.05, 0) is 40.2 Å². The largest absolute Gasteiger partial charge is 0.397 e. The quantitative estimate of drug-likeness (QED) is 0.864. The lowest BCUT2D eigenvalue weighted by Crippen LogP contribution is -2.26. The van der Waals surface area contributed by atoms with Crippen molar-refractivity contribution in [3.8, 4) is 0 Å². The van der Waals surface area contributed by atoms with Crippen molar-refractivity contribution in [1.82, 2.24) is 0 Å². The Hall–Kier alpha value is -1.33. The minimum atomic E-state index is -0.0569. The molecule has 0 unspecified atom stereocenters. The Kier molecular flexibility index (Phi) is 3.49. The number of nitrogens with two attached hydrogens (primary N) is 1. The van der Waals surface area contributed by atoms with E-state index in [-0.39, 0.29) is 5.91 Å². The average molecular weight is 311 g/mol. The van der Waals surface area contributed by atoms with Crippen LogP contribution in [-0.4, -0.2) is 13.0 Å². The molecule has 0 fully saturated rings. The minimum absolute atomic E-state index is 0.0569. The summed E-state index contributed by atoms with van der Waals surface area (Å²) in [6.45, 7) is 0. The zero-order valence-corrected chi connectivity index (χ0v) is 11.6. The second-order valence-electron chi connectivity index (χ2n) is 3.53. The monoisotopic (exact) mass is 310 g/mol. The van der Waals surface area contributed by atoms with Gasteiger partial charge in [0.2, 0.25) is 0 Å². The van der Waals surface area contributed by atoms with E-state index in [1.807, 2.05) is 24.3 Å². The molecule has 0 aliphatic rings.